The molecule has 0 aliphatic carbocycles. The third kappa shape index (κ3) is 5.37. The van der Waals surface area contributed by atoms with Gasteiger partial charge in [0.1, 0.15) is 23.4 Å². The molecule has 0 radical (unpaired) electrons. The molecule has 4 aromatic rings. The molecule has 1 aliphatic rings. The SMILES string of the molecule is CCCOc1ccc(S(=O)(=O)NC2CC(C)(C)NC(C)(C)C2)cc1-c1nc2c([nH]1)c1nncn1c(=O)n2CCC. The van der Waals surface area contributed by atoms with Crippen molar-refractivity contribution in [3.8, 4) is 17.1 Å². The van der Waals surface area contributed by atoms with Gasteiger partial charge < -0.3 is 15.0 Å². The summed E-state index contributed by atoms with van der Waals surface area (Å²) in [4.78, 5) is 21.2. The van der Waals surface area contributed by atoms with Crippen LogP contribution in [-0.2, 0) is 16.6 Å². The van der Waals surface area contributed by atoms with Crippen LogP contribution in [0.2, 0.25) is 0 Å². The number of hydrogen-bond donors (Lipinski definition) is 3. The van der Waals surface area contributed by atoms with E-state index >= 15 is 0 Å². The number of fused-ring (bicyclic) bond motifs is 3. The van der Waals surface area contributed by atoms with Crippen molar-refractivity contribution in [3.05, 3.63) is 35.0 Å². The van der Waals surface area contributed by atoms with Crippen molar-refractivity contribution >= 4 is 26.8 Å². The van der Waals surface area contributed by atoms with Gasteiger partial charge in [-0.05, 0) is 71.6 Å². The molecular weight excluding hydrogens is 532 g/mol. The smallest absolute Gasteiger partial charge is 0.336 e. The molecule has 12 nitrogen and oxygen atoms in total. The van der Waals surface area contributed by atoms with Crippen molar-refractivity contribution < 1.29 is 13.2 Å². The number of H-pyrrole nitrogens is 1. The summed E-state index contributed by atoms with van der Waals surface area (Å²) in [6.07, 6.45) is 4.19. The second-order valence-electron chi connectivity index (χ2n) is 11.9. The molecule has 13 heteroatoms. The van der Waals surface area contributed by atoms with Crippen LogP contribution in [0, 0.1) is 0 Å². The lowest BCUT2D eigenvalue weighted by atomic mass is 9.80. The van der Waals surface area contributed by atoms with Gasteiger partial charge in [-0.25, -0.2) is 27.3 Å². The fourth-order valence-electron chi connectivity index (χ4n) is 5.93. The summed E-state index contributed by atoms with van der Waals surface area (Å²) in [5.41, 5.74) is 1.07. The maximum absolute atomic E-state index is 13.7. The van der Waals surface area contributed by atoms with Gasteiger partial charge in [-0.1, -0.05) is 13.8 Å². The molecule has 216 valence electrons. The number of imidazole rings is 1. The number of aromatic amines is 1. The van der Waals surface area contributed by atoms with E-state index in [2.05, 4.69) is 52.9 Å². The quantitative estimate of drug-likeness (QED) is 0.278. The number of ether oxygens (including phenoxy) is 1. The summed E-state index contributed by atoms with van der Waals surface area (Å²) in [7, 11) is -3.86. The van der Waals surface area contributed by atoms with E-state index in [1.807, 2.05) is 13.8 Å². The van der Waals surface area contributed by atoms with Crippen LogP contribution in [0.25, 0.3) is 28.2 Å². The van der Waals surface area contributed by atoms with Gasteiger partial charge in [-0.15, -0.1) is 10.2 Å². The Kier molecular flexibility index (Phi) is 7.26. The normalized spacial score (nSPS) is 17.6. The average Bonchev–Trinajstić information content (AvgIpc) is 3.50. The van der Waals surface area contributed by atoms with Crippen molar-refractivity contribution in [1.82, 2.24) is 39.2 Å². The van der Waals surface area contributed by atoms with Crippen molar-refractivity contribution in [1.29, 1.82) is 0 Å². The largest absolute Gasteiger partial charge is 0.493 e. The highest BCUT2D eigenvalue weighted by Gasteiger charge is 2.39. The second kappa shape index (κ2) is 10.3. The number of aryl methyl sites for hydroxylation is 1. The maximum Gasteiger partial charge on any atom is 0.336 e. The number of rotatable bonds is 9. The maximum atomic E-state index is 13.7. The van der Waals surface area contributed by atoms with Crippen LogP contribution >= 0.6 is 0 Å². The number of aromatic nitrogens is 6. The summed E-state index contributed by atoms with van der Waals surface area (Å²) in [6, 6.07) is 4.56. The molecule has 3 aromatic heterocycles. The highest BCUT2D eigenvalue weighted by Crippen LogP contribution is 2.34. The zero-order valence-electron chi connectivity index (χ0n) is 23.9. The number of sulfonamides is 1. The Morgan fingerprint density at radius 1 is 1.10 bits per heavy atom. The van der Waals surface area contributed by atoms with E-state index in [0.29, 0.717) is 59.9 Å². The molecule has 0 unspecified atom stereocenters. The molecule has 1 aromatic carbocycles. The van der Waals surface area contributed by atoms with Crippen LogP contribution < -0.4 is 20.5 Å². The van der Waals surface area contributed by atoms with Gasteiger partial charge in [0.05, 0.1) is 17.1 Å². The third-order valence-electron chi connectivity index (χ3n) is 7.09. The Morgan fingerprint density at radius 3 is 2.50 bits per heavy atom. The summed E-state index contributed by atoms with van der Waals surface area (Å²) in [5.74, 6) is 0.869. The Morgan fingerprint density at radius 2 is 1.82 bits per heavy atom. The Balaban J connectivity index is 1.60. The van der Waals surface area contributed by atoms with Crippen LogP contribution in [0.5, 0.6) is 5.75 Å². The summed E-state index contributed by atoms with van der Waals surface area (Å²) in [6.45, 7) is 13.2. The lowest BCUT2D eigenvalue weighted by Gasteiger charge is -2.46. The summed E-state index contributed by atoms with van der Waals surface area (Å²) >= 11 is 0. The van der Waals surface area contributed by atoms with E-state index in [-0.39, 0.29) is 27.7 Å². The van der Waals surface area contributed by atoms with Crippen molar-refractivity contribution in [3.63, 3.8) is 0 Å². The van der Waals surface area contributed by atoms with Gasteiger partial charge >= 0.3 is 5.69 Å². The van der Waals surface area contributed by atoms with E-state index in [1.54, 1.807) is 22.8 Å². The van der Waals surface area contributed by atoms with Crippen LogP contribution in [0.15, 0.2) is 34.2 Å². The predicted molar refractivity (Wildman–Crippen MR) is 153 cm³/mol. The van der Waals surface area contributed by atoms with Crippen molar-refractivity contribution in [2.24, 2.45) is 0 Å². The molecular formula is C27H38N8O4S. The first-order chi connectivity index (χ1) is 18.8. The summed E-state index contributed by atoms with van der Waals surface area (Å²) < 4.78 is 39.2. The van der Waals surface area contributed by atoms with Crippen molar-refractivity contribution in [2.75, 3.05) is 6.61 Å². The number of hydrogen-bond acceptors (Lipinski definition) is 8. The standard InChI is InChI=1S/C27H38N8O4S/c1-7-11-34-23-21(24-31-28-16-35(24)25(34)36)29-22(30-23)19-13-18(9-10-20(19)39-12-8-2)40(37,38)32-17-14-26(3,4)33-27(5,6)15-17/h9-10,13,16-17,32-33H,7-8,11-12,14-15H2,1-6H3,(H,29,30). The third-order valence-corrected chi connectivity index (χ3v) is 8.60. The van der Waals surface area contributed by atoms with Gasteiger partial charge in [0.15, 0.2) is 11.3 Å². The minimum atomic E-state index is -3.86. The minimum absolute atomic E-state index is 0.111. The van der Waals surface area contributed by atoms with E-state index in [9.17, 15) is 13.2 Å². The van der Waals surface area contributed by atoms with Gasteiger partial charge in [-0.2, -0.15) is 0 Å². The number of piperidine rings is 1. The van der Waals surface area contributed by atoms with Gasteiger partial charge in [0, 0.05) is 23.7 Å². The Bertz CT molecular complexity index is 1700. The average molecular weight is 571 g/mol. The summed E-state index contributed by atoms with van der Waals surface area (Å²) in [5, 5.41) is 11.6. The monoisotopic (exact) mass is 570 g/mol. The van der Waals surface area contributed by atoms with Crippen LogP contribution in [0.4, 0.5) is 0 Å². The van der Waals surface area contributed by atoms with E-state index < -0.39 is 10.0 Å². The molecule has 0 spiro atoms. The molecule has 0 saturated carbocycles. The first-order valence-corrected chi connectivity index (χ1v) is 15.2. The van der Waals surface area contributed by atoms with Crippen LogP contribution in [0.1, 0.15) is 67.2 Å². The molecule has 1 aliphatic heterocycles. The predicted octanol–water partition coefficient (Wildman–Crippen LogP) is 3.22. The Labute approximate surface area is 233 Å². The number of benzene rings is 1. The van der Waals surface area contributed by atoms with E-state index in [0.717, 1.165) is 12.8 Å². The number of nitrogens with one attached hydrogen (secondary N) is 3. The zero-order chi connectivity index (χ0) is 28.9. The fourth-order valence-corrected chi connectivity index (χ4v) is 7.19. The van der Waals surface area contributed by atoms with Crippen LogP contribution in [-0.4, -0.2) is 61.3 Å². The van der Waals surface area contributed by atoms with Crippen molar-refractivity contribution in [2.45, 2.75) is 95.8 Å². The molecule has 3 N–H and O–H groups in total. The lowest BCUT2D eigenvalue weighted by molar-refractivity contribution is 0.157. The topological polar surface area (TPSA) is 148 Å². The first-order valence-electron chi connectivity index (χ1n) is 13.8. The molecule has 0 atom stereocenters. The fraction of sp³-hybridized carbons (Fsp3) is 0.556. The number of nitrogens with zero attached hydrogens (tertiary/aromatic N) is 5. The highest BCUT2D eigenvalue weighted by atomic mass is 32.2. The zero-order valence-corrected chi connectivity index (χ0v) is 24.7. The lowest BCUT2D eigenvalue weighted by Crippen LogP contribution is -2.62. The first kappa shape index (κ1) is 28.2. The molecule has 0 amide bonds. The van der Waals surface area contributed by atoms with E-state index in [4.69, 9.17) is 9.72 Å². The second-order valence-corrected chi connectivity index (χ2v) is 13.6. The minimum Gasteiger partial charge on any atom is -0.493 e. The molecule has 0 bridgehead atoms. The molecule has 40 heavy (non-hydrogen) atoms. The van der Waals surface area contributed by atoms with Gasteiger partial charge in [0.2, 0.25) is 10.0 Å². The van der Waals surface area contributed by atoms with Gasteiger partial charge in [-0.3, -0.25) is 4.57 Å². The molecule has 5 rings (SSSR count). The Hall–Kier alpha value is -3.29. The molecule has 4 heterocycles. The van der Waals surface area contributed by atoms with Gasteiger partial charge in [0.25, 0.3) is 0 Å². The van der Waals surface area contributed by atoms with E-state index in [1.165, 1.54) is 10.7 Å². The highest BCUT2D eigenvalue weighted by molar-refractivity contribution is 7.89. The molecule has 1 fully saturated rings. The molecule has 1 saturated heterocycles. The van der Waals surface area contributed by atoms with Crippen LogP contribution in [0.3, 0.4) is 0 Å².